The lowest BCUT2D eigenvalue weighted by Gasteiger charge is -2.16. The number of allylic oxidation sites excluding steroid dienone is 2. The zero-order valence-electron chi connectivity index (χ0n) is 13.8. The highest BCUT2D eigenvalue weighted by molar-refractivity contribution is 5.56. The van der Waals surface area contributed by atoms with Gasteiger partial charge < -0.3 is 10.6 Å². The molecule has 0 aliphatic rings. The van der Waals surface area contributed by atoms with Crippen LogP contribution in [0.4, 0.5) is 55.3 Å². The van der Waals surface area contributed by atoms with Gasteiger partial charge in [-0.25, -0.2) is 43.9 Å². The molecule has 2 rings (SSSR count). The van der Waals surface area contributed by atoms with Gasteiger partial charge in [-0.15, -0.1) is 0 Å². The molecule has 0 aromatic heterocycles. The van der Waals surface area contributed by atoms with Crippen LogP contribution in [0.25, 0.3) is 0 Å². The lowest BCUT2D eigenvalue weighted by Crippen LogP contribution is -2.13. The van der Waals surface area contributed by atoms with E-state index in [2.05, 4.69) is 0 Å². The van der Waals surface area contributed by atoms with Crippen molar-refractivity contribution < 1.29 is 43.9 Å². The molecule has 2 nitrogen and oxygen atoms in total. The van der Waals surface area contributed by atoms with Gasteiger partial charge in [0.25, 0.3) is 0 Å². The van der Waals surface area contributed by atoms with Crippen molar-refractivity contribution in [2.45, 2.75) is 13.8 Å². The normalized spacial score (nSPS) is 12.1. The summed E-state index contributed by atoms with van der Waals surface area (Å²) in [5.41, 5.74) is -3.86. The van der Waals surface area contributed by atoms with Crippen LogP contribution in [0.2, 0.25) is 0 Å². The first-order chi connectivity index (χ1) is 12.9. The zero-order valence-corrected chi connectivity index (χ0v) is 13.8. The molecule has 0 atom stereocenters. The molecule has 0 aliphatic carbocycles. The van der Waals surface area contributed by atoms with Gasteiger partial charge in [-0.1, -0.05) is 0 Å². The molecule has 152 valence electrons. The minimum Gasteiger partial charge on any atom is -0.353 e. The highest BCUT2D eigenvalue weighted by Gasteiger charge is 2.27. The fourth-order valence-corrected chi connectivity index (χ4v) is 1.99. The summed E-state index contributed by atoms with van der Waals surface area (Å²) in [7, 11) is 0. The van der Waals surface area contributed by atoms with E-state index in [1.54, 1.807) is 10.6 Å². The molecule has 0 amide bonds. The molecule has 2 aromatic carbocycles. The Balaban J connectivity index is 2.47. The van der Waals surface area contributed by atoms with Gasteiger partial charge >= 0.3 is 0 Å². The van der Waals surface area contributed by atoms with Gasteiger partial charge in [-0.3, -0.25) is 0 Å². The van der Waals surface area contributed by atoms with Crippen molar-refractivity contribution in [1.29, 1.82) is 0 Å². The molecule has 12 heteroatoms. The topological polar surface area (TPSA) is 24.1 Å². The molecule has 2 N–H and O–H groups in total. The molecular weight excluding hydrogens is 410 g/mol. The molecule has 0 radical (unpaired) electrons. The average molecular weight is 418 g/mol. The molecular formula is C16H8F10N2. The highest BCUT2D eigenvalue weighted by Crippen LogP contribution is 2.30. The summed E-state index contributed by atoms with van der Waals surface area (Å²) in [6.45, 7) is 1.96. The summed E-state index contributed by atoms with van der Waals surface area (Å²) in [6, 6.07) is 0. The van der Waals surface area contributed by atoms with Gasteiger partial charge in [0.1, 0.15) is 11.4 Å². The molecule has 28 heavy (non-hydrogen) atoms. The summed E-state index contributed by atoms with van der Waals surface area (Å²) >= 11 is 0. The van der Waals surface area contributed by atoms with Crippen molar-refractivity contribution in [2.75, 3.05) is 10.6 Å². The van der Waals surface area contributed by atoms with E-state index < -0.39 is 80.9 Å². The van der Waals surface area contributed by atoms with E-state index in [0.717, 1.165) is 13.8 Å². The third-order valence-corrected chi connectivity index (χ3v) is 3.61. The number of anilines is 2. The quantitative estimate of drug-likeness (QED) is 0.370. The summed E-state index contributed by atoms with van der Waals surface area (Å²) in [4.78, 5) is 0. The number of nitrogens with one attached hydrogen (secondary N) is 2. The Labute approximate surface area is 150 Å². The molecule has 0 aliphatic heterocycles. The van der Waals surface area contributed by atoms with Crippen molar-refractivity contribution in [3.05, 3.63) is 69.6 Å². The van der Waals surface area contributed by atoms with E-state index >= 15 is 0 Å². The van der Waals surface area contributed by atoms with Crippen LogP contribution in [0.1, 0.15) is 13.8 Å². The lowest BCUT2D eigenvalue weighted by molar-refractivity contribution is 0.381. The van der Waals surface area contributed by atoms with Gasteiger partial charge in [0.05, 0.1) is 0 Å². The van der Waals surface area contributed by atoms with E-state index in [4.69, 9.17) is 0 Å². The van der Waals surface area contributed by atoms with Crippen molar-refractivity contribution in [2.24, 2.45) is 0 Å². The maximum atomic E-state index is 13.6. The Morgan fingerprint density at radius 1 is 0.393 bits per heavy atom. The van der Waals surface area contributed by atoms with Gasteiger partial charge in [-0.05, 0) is 13.8 Å². The monoisotopic (exact) mass is 418 g/mol. The number of benzene rings is 2. The Morgan fingerprint density at radius 3 is 0.786 bits per heavy atom. The van der Waals surface area contributed by atoms with E-state index in [9.17, 15) is 43.9 Å². The maximum Gasteiger partial charge on any atom is 0.200 e. The largest absolute Gasteiger partial charge is 0.353 e. The van der Waals surface area contributed by atoms with Gasteiger partial charge in [0.15, 0.2) is 46.5 Å². The lowest BCUT2D eigenvalue weighted by atomic mass is 10.2. The minimum atomic E-state index is -2.40. The second-order valence-electron chi connectivity index (χ2n) is 5.39. The van der Waals surface area contributed by atoms with Gasteiger partial charge in [0.2, 0.25) is 11.6 Å². The molecule has 0 bridgehead atoms. The van der Waals surface area contributed by atoms with Crippen LogP contribution in [0.5, 0.6) is 0 Å². The molecule has 0 spiro atoms. The van der Waals surface area contributed by atoms with Crippen molar-refractivity contribution in [3.8, 4) is 0 Å². The standard InChI is InChI=1S/C16H8F10N2/c1-3(27-15-11(23)7(19)5(17)8(20)12(15)24)4(2)28-16-13(25)9(21)6(18)10(22)14(16)26/h27-28H,1-2H3/b4-3-. The minimum absolute atomic E-state index is 0.452. The molecule has 0 saturated carbocycles. The predicted octanol–water partition coefficient (Wildman–Crippen LogP) is 5.85. The van der Waals surface area contributed by atoms with E-state index in [1.807, 2.05) is 0 Å². The van der Waals surface area contributed by atoms with Crippen LogP contribution in [0.3, 0.4) is 0 Å². The molecule has 0 saturated heterocycles. The average Bonchev–Trinajstić information content (AvgIpc) is 2.67. The second kappa shape index (κ2) is 7.60. The van der Waals surface area contributed by atoms with Gasteiger partial charge in [-0.2, -0.15) is 0 Å². The summed E-state index contributed by atoms with van der Waals surface area (Å²) in [6.07, 6.45) is 0. The van der Waals surface area contributed by atoms with Crippen LogP contribution in [-0.4, -0.2) is 0 Å². The Hall–Kier alpha value is -2.92. The first-order valence-corrected chi connectivity index (χ1v) is 7.14. The first kappa shape index (κ1) is 21.4. The predicted molar refractivity (Wildman–Crippen MR) is 78.1 cm³/mol. The highest BCUT2D eigenvalue weighted by atomic mass is 19.2. The summed E-state index contributed by atoms with van der Waals surface area (Å²) in [5.74, 6) is -22.7. The number of halogens is 10. The van der Waals surface area contributed by atoms with Gasteiger partial charge in [0, 0.05) is 11.4 Å². The Kier molecular flexibility index (Phi) is 5.80. The summed E-state index contributed by atoms with van der Waals surface area (Å²) < 4.78 is 133. The summed E-state index contributed by atoms with van der Waals surface area (Å²) in [5, 5.41) is 3.60. The van der Waals surface area contributed by atoms with Crippen LogP contribution >= 0.6 is 0 Å². The van der Waals surface area contributed by atoms with Crippen LogP contribution < -0.4 is 10.6 Å². The molecule has 0 heterocycles. The third kappa shape index (κ3) is 3.45. The number of hydrogen-bond acceptors (Lipinski definition) is 2. The Bertz CT molecular complexity index is 862. The van der Waals surface area contributed by atoms with Crippen molar-refractivity contribution in [3.63, 3.8) is 0 Å². The molecule has 0 fully saturated rings. The second-order valence-corrected chi connectivity index (χ2v) is 5.39. The fraction of sp³-hybridized carbons (Fsp3) is 0.125. The zero-order chi connectivity index (χ0) is 21.5. The van der Waals surface area contributed by atoms with Crippen molar-refractivity contribution in [1.82, 2.24) is 0 Å². The molecule has 2 aromatic rings. The Morgan fingerprint density at radius 2 is 0.571 bits per heavy atom. The van der Waals surface area contributed by atoms with E-state index in [0.29, 0.717) is 0 Å². The fourth-order valence-electron chi connectivity index (χ4n) is 1.99. The third-order valence-electron chi connectivity index (χ3n) is 3.61. The SMILES string of the molecule is C/C(Nc1c(F)c(F)c(F)c(F)c1F)=C(\C)Nc1c(F)c(F)c(F)c(F)c1F. The molecule has 0 unspecified atom stereocenters. The van der Waals surface area contributed by atoms with Crippen LogP contribution in [0, 0.1) is 58.2 Å². The number of rotatable bonds is 4. The number of hydrogen-bond donors (Lipinski definition) is 2. The maximum absolute atomic E-state index is 13.6. The van der Waals surface area contributed by atoms with Crippen molar-refractivity contribution >= 4 is 11.4 Å². The van der Waals surface area contributed by atoms with Crippen LogP contribution in [0.15, 0.2) is 11.4 Å². The smallest absolute Gasteiger partial charge is 0.200 e. The first-order valence-electron chi connectivity index (χ1n) is 7.14. The van der Waals surface area contributed by atoms with E-state index in [1.165, 1.54) is 0 Å². The van der Waals surface area contributed by atoms with Crippen LogP contribution in [-0.2, 0) is 0 Å². The van der Waals surface area contributed by atoms with E-state index in [-0.39, 0.29) is 0 Å².